The number of benzene rings is 5. The van der Waals surface area contributed by atoms with Crippen LogP contribution in [0.4, 0.5) is 0 Å². The maximum absolute atomic E-state index is 12.4. The molecule has 22 heteroatoms. The van der Waals surface area contributed by atoms with Crippen LogP contribution in [-0.2, 0) is 35.1 Å². The van der Waals surface area contributed by atoms with Crippen LogP contribution < -0.4 is 0 Å². The van der Waals surface area contributed by atoms with Gasteiger partial charge in [-0.1, -0.05) is 24.0 Å². The van der Waals surface area contributed by atoms with Crippen molar-refractivity contribution in [3.8, 4) is 57.4 Å². The zero-order valence-corrected chi connectivity index (χ0v) is 34.7. The fourth-order valence-corrected chi connectivity index (χ4v) is 9.10. The molecule has 3 aromatic heterocycles. The molecule has 0 spiro atoms. The van der Waals surface area contributed by atoms with E-state index in [1.54, 1.807) is 0 Å². The normalized spacial score (nSPS) is 12.5. The molecule has 6 N–H and O–H groups in total. The maximum Gasteiger partial charge on any atom is 0.303 e. The molecule has 8 bridgehead atoms. The molecule has 2 aliphatic rings. The molecule has 318 valence electrons. The summed E-state index contributed by atoms with van der Waals surface area (Å²) in [5, 5.41) is 12.0. The van der Waals surface area contributed by atoms with Gasteiger partial charge in [0, 0.05) is 62.2 Å². The van der Waals surface area contributed by atoms with Gasteiger partial charge in [0.05, 0.1) is 14.7 Å². The minimum Gasteiger partial charge on any atom is -0.481 e. The molecule has 19 nitrogen and oxygen atoms in total. The number of fused-ring (bicyclic) bond motifs is 21. The van der Waals surface area contributed by atoms with Gasteiger partial charge in [0.15, 0.2) is 23.3 Å². The zero-order chi connectivity index (χ0) is 44.9. The highest BCUT2D eigenvalue weighted by Crippen LogP contribution is 2.39. The van der Waals surface area contributed by atoms with Crippen LogP contribution in [0.25, 0.3) is 100 Å². The molecule has 0 aliphatic carbocycles. The third-order valence-corrected chi connectivity index (χ3v) is 13.1. The predicted octanol–water partition coefficient (Wildman–Crippen LogP) is 6.37. The third kappa shape index (κ3) is 7.16. The van der Waals surface area contributed by atoms with Gasteiger partial charge in [0.2, 0.25) is 0 Å². The number of aromatic nitrogens is 8. The smallest absolute Gasteiger partial charge is 0.303 e. The molecule has 5 heterocycles. The number of hydrogen-bond donors (Lipinski definition) is 6. The summed E-state index contributed by atoms with van der Waals surface area (Å²) in [6.45, 7) is 0. The van der Waals surface area contributed by atoms with Crippen LogP contribution in [0.5, 0.6) is 0 Å². The van der Waals surface area contributed by atoms with Gasteiger partial charge in [0.1, 0.15) is 22.6 Å². The first-order valence-corrected chi connectivity index (χ1v) is 23.2. The van der Waals surface area contributed by atoms with Crippen LogP contribution in [-0.4, -0.2) is 89.9 Å². The van der Waals surface area contributed by atoms with Crippen molar-refractivity contribution >= 4 is 91.2 Å². The Balaban J connectivity index is 1.35. The first-order chi connectivity index (χ1) is 30.4. The second kappa shape index (κ2) is 14.5. The van der Waals surface area contributed by atoms with Gasteiger partial charge in [-0.2, -0.15) is 25.3 Å². The van der Waals surface area contributed by atoms with Gasteiger partial charge in [-0.3, -0.25) is 18.5 Å². The summed E-state index contributed by atoms with van der Waals surface area (Å²) >= 11 is 0. The summed E-state index contributed by atoms with van der Waals surface area (Å²) in [6, 6.07) is 20.3. The van der Waals surface area contributed by atoms with Crippen molar-refractivity contribution in [1.29, 1.82) is 0 Å². The predicted molar refractivity (Wildman–Crippen MR) is 231 cm³/mol. The van der Waals surface area contributed by atoms with E-state index in [4.69, 9.17) is 35.0 Å². The Bertz CT molecular complexity index is 4030. The number of carbonyl (C=O) groups is 1. The van der Waals surface area contributed by atoms with Crippen LogP contribution in [0, 0.1) is 11.8 Å². The van der Waals surface area contributed by atoms with Crippen molar-refractivity contribution in [3.63, 3.8) is 0 Å². The van der Waals surface area contributed by atoms with Gasteiger partial charge in [-0.05, 0) is 90.0 Å². The van der Waals surface area contributed by atoms with Crippen LogP contribution in [0.3, 0.4) is 0 Å². The summed E-state index contributed by atoms with van der Waals surface area (Å²) in [6.07, 6.45) is 0.695. The Morgan fingerprint density at radius 2 is 0.984 bits per heavy atom. The number of aliphatic carboxylic acids is 1. The van der Waals surface area contributed by atoms with E-state index in [2.05, 4.69) is 21.8 Å². The largest absolute Gasteiger partial charge is 0.481 e. The van der Waals surface area contributed by atoms with E-state index in [1.807, 2.05) is 30.3 Å². The topological polar surface area (TPSA) is 309 Å². The number of aromatic amines is 2. The number of H-pyrrole nitrogens is 2. The maximum atomic E-state index is 12.4. The summed E-state index contributed by atoms with van der Waals surface area (Å²) in [5.41, 5.74) is 1.97. The van der Waals surface area contributed by atoms with Crippen molar-refractivity contribution in [2.45, 2.75) is 33.9 Å². The Labute approximate surface area is 360 Å². The second-order valence-electron chi connectivity index (χ2n) is 14.6. The standard InChI is InChI=1S/C42H26N8O11S3/c51-34(52)8-3-1-2-5-20-6-4-7-21-15-29-33(19-28(20)21)42-48-37-27-14-11-24(64(59,60)61)18-32(27)41(47-37)50-40-31-17-23(63(56,57)58)10-13-26(31)36(46-40)45-39-30-16-22(62(53,54)55)9-12-25(30)35(44-39)43-38(29)49-42/h4,6-7,9-19H,1,3,8H2,(H,51,52)(H,53,54,55)(H,56,57,58)(H,59,60,61)(H2,43,44,45,46,47,48,49,50). The Hall–Kier alpha value is -7.52. The number of unbranched alkanes of at least 4 members (excludes halogenated alkanes) is 1. The number of carboxylic acids is 1. The molecule has 0 unspecified atom stereocenters. The Morgan fingerprint density at radius 3 is 1.52 bits per heavy atom. The van der Waals surface area contributed by atoms with Gasteiger partial charge in [-0.25, -0.2) is 29.9 Å². The quantitative estimate of drug-likeness (QED) is 0.0599. The average Bonchev–Trinajstić information content (AvgIpc) is 3.96. The van der Waals surface area contributed by atoms with E-state index in [0.717, 1.165) is 29.0 Å². The zero-order valence-electron chi connectivity index (χ0n) is 32.3. The van der Waals surface area contributed by atoms with Gasteiger partial charge in [0.25, 0.3) is 30.4 Å². The van der Waals surface area contributed by atoms with Gasteiger partial charge >= 0.3 is 5.97 Å². The summed E-state index contributed by atoms with van der Waals surface area (Å²) < 4.78 is 104. The lowest BCUT2D eigenvalue weighted by molar-refractivity contribution is -0.137. The van der Waals surface area contributed by atoms with Crippen molar-refractivity contribution in [2.75, 3.05) is 0 Å². The summed E-state index contributed by atoms with van der Waals surface area (Å²) in [5.74, 6) is 5.19. The van der Waals surface area contributed by atoms with E-state index in [1.165, 1.54) is 36.4 Å². The second-order valence-corrected chi connectivity index (χ2v) is 18.9. The first-order valence-electron chi connectivity index (χ1n) is 18.8. The Kier molecular flexibility index (Phi) is 9.20. The molecule has 0 fully saturated rings. The monoisotopic (exact) mass is 914 g/mol. The molecule has 10 rings (SSSR count). The fraction of sp³-hybridized carbons (Fsp3) is 0.0714. The molecule has 2 aliphatic heterocycles. The fourth-order valence-electron chi connectivity index (χ4n) is 7.58. The van der Waals surface area contributed by atoms with Crippen LogP contribution in [0.1, 0.15) is 24.8 Å². The molecule has 8 aromatic rings. The SMILES string of the molecule is O=C(O)CCCC#Cc1cccc2cc3c4nc5nc(nc6[nH]c(nc7nc(nc([nH]4)c3cc12)-c1ccc(S(=O)(=O)O)cc1-7)c1cc(S(=O)(=O)O)ccc61)-c1cc(S(=O)(=O)O)ccc1-5. The number of carboxylic acid groups (broad SMARTS) is 1. The van der Waals surface area contributed by atoms with E-state index in [0.29, 0.717) is 40.3 Å². The van der Waals surface area contributed by atoms with Crippen molar-refractivity contribution in [2.24, 2.45) is 0 Å². The number of nitrogens with zero attached hydrogens (tertiary/aromatic N) is 6. The summed E-state index contributed by atoms with van der Waals surface area (Å²) in [4.78, 5) is 44.6. The molecule has 0 radical (unpaired) electrons. The number of nitrogens with one attached hydrogen (secondary N) is 2. The Morgan fingerprint density at radius 1 is 0.516 bits per heavy atom. The molecule has 0 amide bonds. The molecular weight excluding hydrogens is 889 g/mol. The van der Waals surface area contributed by atoms with Crippen molar-refractivity contribution in [3.05, 3.63) is 90.5 Å². The highest BCUT2D eigenvalue weighted by molar-refractivity contribution is 7.86. The molecular formula is C42H26N8O11S3. The molecule has 0 saturated heterocycles. The summed E-state index contributed by atoms with van der Waals surface area (Å²) in [7, 11) is -14.2. The van der Waals surface area contributed by atoms with E-state index in [9.17, 15) is 43.7 Å². The minimum absolute atomic E-state index is 0.0236. The van der Waals surface area contributed by atoms with Crippen LogP contribution >= 0.6 is 0 Å². The van der Waals surface area contributed by atoms with Gasteiger partial charge < -0.3 is 15.1 Å². The minimum atomic E-state index is -4.75. The van der Waals surface area contributed by atoms with E-state index in [-0.39, 0.29) is 74.2 Å². The third-order valence-electron chi connectivity index (χ3n) is 10.6. The lowest BCUT2D eigenvalue weighted by Crippen LogP contribution is -1.98. The van der Waals surface area contributed by atoms with Gasteiger partial charge in [-0.15, -0.1) is 0 Å². The van der Waals surface area contributed by atoms with Crippen molar-refractivity contribution in [1.82, 2.24) is 39.9 Å². The first kappa shape index (κ1) is 40.5. The lowest BCUT2D eigenvalue weighted by atomic mass is 10.0. The molecule has 0 saturated carbocycles. The van der Waals surface area contributed by atoms with Crippen molar-refractivity contribution < 1.29 is 48.8 Å². The molecule has 0 atom stereocenters. The van der Waals surface area contributed by atoms with Crippen LogP contribution in [0.15, 0.2) is 99.6 Å². The molecule has 64 heavy (non-hydrogen) atoms. The van der Waals surface area contributed by atoms with E-state index >= 15 is 0 Å². The molecule has 5 aromatic carbocycles. The van der Waals surface area contributed by atoms with E-state index < -0.39 is 51.0 Å². The number of hydrogen-bond acceptors (Lipinski definition) is 13. The highest BCUT2D eigenvalue weighted by Gasteiger charge is 2.26. The number of rotatable bonds is 6. The highest BCUT2D eigenvalue weighted by atomic mass is 32.2. The average molecular weight is 915 g/mol. The lowest BCUT2D eigenvalue weighted by Gasteiger charge is -2.03. The van der Waals surface area contributed by atoms with Crippen LogP contribution in [0.2, 0.25) is 0 Å².